The van der Waals surface area contributed by atoms with Crippen LogP contribution in [0, 0.1) is 6.92 Å². The number of hydrogen-bond donors (Lipinski definition) is 2. The molecule has 0 aliphatic rings. The summed E-state index contributed by atoms with van der Waals surface area (Å²) in [5.41, 5.74) is 2.12. The molecule has 2 N–H and O–H groups in total. The van der Waals surface area contributed by atoms with Gasteiger partial charge in [-0.25, -0.2) is 4.79 Å². The molecule has 0 saturated heterocycles. The Kier molecular flexibility index (Phi) is 4.12. The quantitative estimate of drug-likeness (QED) is 0.844. The molecule has 4 nitrogen and oxygen atoms in total. The Balaban J connectivity index is 3.33. The number of aliphatic hydroxyl groups excluding tert-OH is 1. The van der Waals surface area contributed by atoms with Crippen LogP contribution < -0.4 is 4.74 Å². The number of aryl methyl sites for hydroxylation is 1. The summed E-state index contributed by atoms with van der Waals surface area (Å²) in [6, 6.07) is 3.33. The number of rotatable bonds is 4. The van der Waals surface area contributed by atoms with E-state index in [0.29, 0.717) is 5.56 Å². The lowest BCUT2D eigenvalue weighted by molar-refractivity contribution is -0.146. The molecule has 0 radical (unpaired) electrons. The summed E-state index contributed by atoms with van der Waals surface area (Å²) in [7, 11) is 1.58. The number of ether oxygens (including phenoxy) is 1. The van der Waals surface area contributed by atoms with Crippen molar-refractivity contribution in [3.63, 3.8) is 0 Å². The molecular weight excluding hydrogens is 220 g/mol. The van der Waals surface area contributed by atoms with Gasteiger partial charge in [0, 0.05) is 0 Å². The molecule has 0 aromatic heterocycles. The summed E-state index contributed by atoms with van der Waals surface area (Å²) >= 11 is 0. The SMILES string of the molecule is COc1c(C)cc(C(O)C(=O)O)cc1C(C)C. The first kappa shape index (κ1) is 13.5. The lowest BCUT2D eigenvalue weighted by Crippen LogP contribution is -2.11. The van der Waals surface area contributed by atoms with E-state index in [1.807, 2.05) is 20.8 Å². The first-order valence-corrected chi connectivity index (χ1v) is 5.47. The minimum absolute atomic E-state index is 0.199. The minimum atomic E-state index is -1.49. The van der Waals surface area contributed by atoms with Gasteiger partial charge in [-0.05, 0) is 41.7 Å². The first-order valence-electron chi connectivity index (χ1n) is 5.47. The zero-order chi connectivity index (χ0) is 13.2. The van der Waals surface area contributed by atoms with E-state index in [9.17, 15) is 9.90 Å². The van der Waals surface area contributed by atoms with Gasteiger partial charge in [-0.15, -0.1) is 0 Å². The highest BCUT2D eigenvalue weighted by Gasteiger charge is 2.20. The highest BCUT2D eigenvalue weighted by Crippen LogP contribution is 2.32. The molecule has 0 saturated carbocycles. The Morgan fingerprint density at radius 2 is 1.94 bits per heavy atom. The molecule has 1 unspecified atom stereocenters. The Morgan fingerprint density at radius 3 is 2.35 bits per heavy atom. The second-order valence-electron chi connectivity index (χ2n) is 4.36. The van der Waals surface area contributed by atoms with Gasteiger partial charge in [-0.3, -0.25) is 0 Å². The van der Waals surface area contributed by atoms with E-state index in [1.54, 1.807) is 19.2 Å². The molecule has 1 atom stereocenters. The summed E-state index contributed by atoms with van der Waals surface area (Å²) in [6.07, 6.45) is -1.49. The van der Waals surface area contributed by atoms with Crippen molar-refractivity contribution in [3.8, 4) is 5.75 Å². The van der Waals surface area contributed by atoms with Crippen molar-refractivity contribution in [1.82, 2.24) is 0 Å². The molecule has 0 bridgehead atoms. The molecule has 0 spiro atoms. The van der Waals surface area contributed by atoms with Crippen LogP contribution in [0.5, 0.6) is 5.75 Å². The maximum Gasteiger partial charge on any atom is 0.337 e. The maximum atomic E-state index is 10.8. The highest BCUT2D eigenvalue weighted by molar-refractivity contribution is 5.74. The largest absolute Gasteiger partial charge is 0.496 e. The lowest BCUT2D eigenvalue weighted by atomic mass is 9.94. The van der Waals surface area contributed by atoms with Gasteiger partial charge in [0.2, 0.25) is 0 Å². The van der Waals surface area contributed by atoms with E-state index in [-0.39, 0.29) is 5.92 Å². The number of aliphatic carboxylic acids is 1. The third-order valence-electron chi connectivity index (χ3n) is 2.70. The van der Waals surface area contributed by atoms with Crippen LogP contribution in [0.4, 0.5) is 0 Å². The number of carboxylic acids is 1. The Bertz CT molecular complexity index is 424. The first-order chi connectivity index (χ1) is 7.88. The molecule has 0 aliphatic carbocycles. The van der Waals surface area contributed by atoms with Crippen LogP contribution in [0.1, 0.15) is 42.6 Å². The summed E-state index contributed by atoms with van der Waals surface area (Å²) < 4.78 is 5.30. The van der Waals surface area contributed by atoms with Crippen molar-refractivity contribution in [1.29, 1.82) is 0 Å². The number of hydrogen-bond acceptors (Lipinski definition) is 3. The minimum Gasteiger partial charge on any atom is -0.496 e. The van der Waals surface area contributed by atoms with Crippen molar-refractivity contribution < 1.29 is 19.7 Å². The van der Waals surface area contributed by atoms with Crippen LogP contribution in [0.25, 0.3) is 0 Å². The summed E-state index contributed by atoms with van der Waals surface area (Å²) in [5, 5.41) is 18.4. The van der Waals surface area contributed by atoms with E-state index < -0.39 is 12.1 Å². The average Bonchev–Trinajstić information content (AvgIpc) is 2.26. The average molecular weight is 238 g/mol. The van der Waals surface area contributed by atoms with Crippen LogP contribution in [-0.2, 0) is 4.79 Å². The molecule has 94 valence electrons. The summed E-state index contributed by atoms with van der Waals surface area (Å²) in [4.78, 5) is 10.8. The standard InChI is InChI=1S/C13H18O4/c1-7(2)10-6-9(11(14)13(15)16)5-8(3)12(10)17-4/h5-7,11,14H,1-4H3,(H,15,16). The molecular formula is C13H18O4. The second kappa shape index (κ2) is 5.19. The molecule has 4 heteroatoms. The van der Waals surface area contributed by atoms with Gasteiger partial charge in [0.25, 0.3) is 0 Å². The summed E-state index contributed by atoms with van der Waals surface area (Å²) in [5.74, 6) is -0.296. The van der Waals surface area contributed by atoms with Gasteiger partial charge in [0.05, 0.1) is 7.11 Å². The molecule has 17 heavy (non-hydrogen) atoms. The number of benzene rings is 1. The van der Waals surface area contributed by atoms with Crippen molar-refractivity contribution in [3.05, 3.63) is 28.8 Å². The van der Waals surface area contributed by atoms with E-state index >= 15 is 0 Å². The molecule has 1 rings (SSSR count). The van der Waals surface area contributed by atoms with Crippen LogP contribution in [0.15, 0.2) is 12.1 Å². The van der Waals surface area contributed by atoms with E-state index in [4.69, 9.17) is 9.84 Å². The Labute approximate surface area is 101 Å². The van der Waals surface area contributed by atoms with E-state index in [1.165, 1.54) is 0 Å². The third-order valence-corrected chi connectivity index (χ3v) is 2.70. The molecule has 0 heterocycles. The fourth-order valence-corrected chi connectivity index (χ4v) is 1.84. The van der Waals surface area contributed by atoms with Gasteiger partial charge >= 0.3 is 5.97 Å². The fourth-order valence-electron chi connectivity index (χ4n) is 1.84. The van der Waals surface area contributed by atoms with Crippen LogP contribution >= 0.6 is 0 Å². The number of aliphatic hydroxyl groups is 1. The zero-order valence-corrected chi connectivity index (χ0v) is 10.5. The summed E-state index contributed by atoms with van der Waals surface area (Å²) in [6.45, 7) is 5.82. The Morgan fingerprint density at radius 1 is 1.35 bits per heavy atom. The number of methoxy groups -OCH3 is 1. The second-order valence-corrected chi connectivity index (χ2v) is 4.36. The zero-order valence-electron chi connectivity index (χ0n) is 10.5. The van der Waals surface area contributed by atoms with E-state index in [2.05, 4.69) is 0 Å². The normalized spacial score (nSPS) is 12.6. The van der Waals surface area contributed by atoms with Gasteiger partial charge in [-0.1, -0.05) is 13.8 Å². The smallest absolute Gasteiger partial charge is 0.337 e. The van der Waals surface area contributed by atoms with Crippen molar-refractivity contribution in [2.75, 3.05) is 7.11 Å². The van der Waals surface area contributed by atoms with Crippen molar-refractivity contribution in [2.24, 2.45) is 0 Å². The van der Waals surface area contributed by atoms with E-state index in [0.717, 1.165) is 16.9 Å². The predicted octanol–water partition coefficient (Wildman–Crippen LogP) is 2.25. The van der Waals surface area contributed by atoms with Gasteiger partial charge in [0.15, 0.2) is 6.10 Å². The third kappa shape index (κ3) is 2.77. The van der Waals surface area contributed by atoms with Crippen LogP contribution in [0.2, 0.25) is 0 Å². The lowest BCUT2D eigenvalue weighted by Gasteiger charge is -2.17. The monoisotopic (exact) mass is 238 g/mol. The topological polar surface area (TPSA) is 66.8 Å². The van der Waals surface area contributed by atoms with Crippen molar-refractivity contribution >= 4 is 5.97 Å². The van der Waals surface area contributed by atoms with Gasteiger partial charge < -0.3 is 14.9 Å². The predicted molar refractivity (Wildman–Crippen MR) is 64.4 cm³/mol. The maximum absolute atomic E-state index is 10.8. The number of carbonyl (C=O) groups is 1. The van der Waals surface area contributed by atoms with Crippen molar-refractivity contribution in [2.45, 2.75) is 32.8 Å². The van der Waals surface area contributed by atoms with Gasteiger partial charge in [-0.2, -0.15) is 0 Å². The van der Waals surface area contributed by atoms with Gasteiger partial charge in [0.1, 0.15) is 5.75 Å². The van der Waals surface area contributed by atoms with Crippen LogP contribution in [0.3, 0.4) is 0 Å². The number of carboxylic acid groups (broad SMARTS) is 1. The highest BCUT2D eigenvalue weighted by atomic mass is 16.5. The molecule has 1 aromatic carbocycles. The molecule has 0 amide bonds. The Hall–Kier alpha value is -1.55. The fraction of sp³-hybridized carbons (Fsp3) is 0.462. The molecule has 1 aromatic rings. The molecule has 0 fully saturated rings. The van der Waals surface area contributed by atoms with Crippen LogP contribution in [-0.4, -0.2) is 23.3 Å². The molecule has 0 aliphatic heterocycles.